The molecule has 0 N–H and O–H groups in total. The molecule has 0 spiro atoms. The fourth-order valence-corrected chi connectivity index (χ4v) is 3.96. The summed E-state index contributed by atoms with van der Waals surface area (Å²) in [5.74, 6) is 0.878. The van der Waals surface area contributed by atoms with Crippen LogP contribution in [0.25, 0.3) is 0 Å². The van der Waals surface area contributed by atoms with E-state index >= 15 is 0 Å². The molecule has 16 heavy (non-hydrogen) atoms. The van der Waals surface area contributed by atoms with Gasteiger partial charge in [-0.25, -0.2) is 0 Å². The number of alkyl halides is 1. The predicted octanol–water partition coefficient (Wildman–Crippen LogP) is 4.68. The van der Waals surface area contributed by atoms with Crippen molar-refractivity contribution in [1.29, 1.82) is 0 Å². The van der Waals surface area contributed by atoms with Crippen molar-refractivity contribution in [3.63, 3.8) is 0 Å². The maximum atomic E-state index is 6.49. The van der Waals surface area contributed by atoms with Crippen LogP contribution < -0.4 is 0 Å². The second-order valence-corrected chi connectivity index (χ2v) is 6.45. The van der Waals surface area contributed by atoms with Crippen molar-refractivity contribution in [2.45, 2.75) is 76.4 Å². The molecule has 0 aromatic rings. The molecule has 0 saturated heterocycles. The summed E-state index contributed by atoms with van der Waals surface area (Å²) in [6.07, 6.45) is 12.5. The first kappa shape index (κ1) is 12.9. The summed E-state index contributed by atoms with van der Waals surface area (Å²) in [5.41, 5.74) is 0.172. The third kappa shape index (κ3) is 3.22. The van der Waals surface area contributed by atoms with E-state index in [0.29, 0.717) is 6.10 Å². The summed E-state index contributed by atoms with van der Waals surface area (Å²) in [6, 6.07) is 0. The maximum Gasteiger partial charge on any atom is 0.0782 e. The highest BCUT2D eigenvalue weighted by atomic mass is 79.9. The summed E-state index contributed by atoms with van der Waals surface area (Å²) in [4.78, 5) is 0. The van der Waals surface area contributed by atoms with Crippen molar-refractivity contribution < 1.29 is 4.74 Å². The van der Waals surface area contributed by atoms with Crippen LogP contribution in [-0.2, 0) is 4.74 Å². The number of hydrogen-bond donors (Lipinski definition) is 0. The highest BCUT2D eigenvalue weighted by molar-refractivity contribution is 9.09. The predicted molar refractivity (Wildman–Crippen MR) is 72.1 cm³/mol. The zero-order valence-corrected chi connectivity index (χ0v) is 12.1. The molecule has 0 amide bonds. The number of ether oxygens (including phenoxy) is 1. The molecule has 2 aliphatic rings. The Kier molecular flexibility index (Phi) is 4.72. The molecule has 2 aliphatic carbocycles. The molecule has 2 rings (SSSR count). The van der Waals surface area contributed by atoms with E-state index in [0.717, 1.165) is 11.2 Å². The van der Waals surface area contributed by atoms with Gasteiger partial charge in [-0.1, -0.05) is 48.5 Å². The Balaban J connectivity index is 1.92. The van der Waals surface area contributed by atoms with E-state index in [9.17, 15) is 0 Å². The minimum atomic E-state index is 0.172. The van der Waals surface area contributed by atoms with Crippen molar-refractivity contribution in [3.8, 4) is 0 Å². The van der Waals surface area contributed by atoms with Gasteiger partial charge in [0.2, 0.25) is 0 Å². The second kappa shape index (κ2) is 5.86. The van der Waals surface area contributed by atoms with Gasteiger partial charge in [-0.15, -0.1) is 0 Å². The van der Waals surface area contributed by atoms with E-state index in [1.165, 1.54) is 57.8 Å². The van der Waals surface area contributed by atoms with Crippen LogP contribution in [0.5, 0.6) is 0 Å². The number of rotatable bonds is 3. The lowest BCUT2D eigenvalue weighted by Crippen LogP contribution is -2.37. The van der Waals surface area contributed by atoms with Crippen LogP contribution in [0.3, 0.4) is 0 Å². The molecule has 0 heterocycles. The van der Waals surface area contributed by atoms with E-state index in [1.807, 2.05) is 0 Å². The third-order valence-electron chi connectivity index (χ3n) is 4.32. The van der Waals surface area contributed by atoms with Gasteiger partial charge in [0.1, 0.15) is 0 Å². The molecule has 2 unspecified atom stereocenters. The van der Waals surface area contributed by atoms with Crippen LogP contribution in [0, 0.1) is 5.92 Å². The third-order valence-corrected chi connectivity index (χ3v) is 5.34. The smallest absolute Gasteiger partial charge is 0.0782 e. The van der Waals surface area contributed by atoms with Gasteiger partial charge in [-0.05, 0) is 38.0 Å². The number of halogens is 1. The summed E-state index contributed by atoms with van der Waals surface area (Å²) in [6.45, 7) is 2.36. The molecule has 2 fully saturated rings. The first-order valence-corrected chi connectivity index (χ1v) is 8.10. The molecule has 2 saturated carbocycles. The van der Waals surface area contributed by atoms with Crippen molar-refractivity contribution >= 4 is 15.9 Å². The average molecular weight is 289 g/mol. The van der Waals surface area contributed by atoms with Crippen LogP contribution in [0.1, 0.15) is 64.7 Å². The fraction of sp³-hybridized carbons (Fsp3) is 1.00. The van der Waals surface area contributed by atoms with E-state index in [-0.39, 0.29) is 5.60 Å². The Morgan fingerprint density at radius 3 is 2.31 bits per heavy atom. The fourth-order valence-electron chi connectivity index (χ4n) is 3.27. The molecule has 1 nitrogen and oxygen atoms in total. The molecule has 2 heteroatoms. The lowest BCUT2D eigenvalue weighted by Gasteiger charge is -2.34. The molecular formula is C14H25BrO. The van der Waals surface area contributed by atoms with E-state index < -0.39 is 0 Å². The normalized spacial score (nSPS) is 34.9. The Labute approximate surface area is 108 Å². The van der Waals surface area contributed by atoms with Crippen molar-refractivity contribution in [3.05, 3.63) is 0 Å². The molecule has 0 bridgehead atoms. The summed E-state index contributed by atoms with van der Waals surface area (Å²) in [7, 11) is 0. The zero-order chi connectivity index (χ0) is 11.4. The van der Waals surface area contributed by atoms with Crippen LogP contribution in [0.2, 0.25) is 0 Å². The van der Waals surface area contributed by atoms with Gasteiger partial charge >= 0.3 is 0 Å². The Morgan fingerprint density at radius 1 is 1.12 bits per heavy atom. The van der Waals surface area contributed by atoms with Gasteiger partial charge in [0.05, 0.1) is 11.7 Å². The van der Waals surface area contributed by atoms with Crippen molar-refractivity contribution in [2.24, 2.45) is 5.92 Å². The van der Waals surface area contributed by atoms with Crippen LogP contribution >= 0.6 is 15.9 Å². The summed E-state index contributed by atoms with van der Waals surface area (Å²) in [5, 5.41) is 1.03. The van der Waals surface area contributed by atoms with Gasteiger partial charge < -0.3 is 4.74 Å². The van der Waals surface area contributed by atoms with Crippen LogP contribution in [-0.4, -0.2) is 17.0 Å². The van der Waals surface area contributed by atoms with Gasteiger partial charge in [-0.3, -0.25) is 0 Å². The Morgan fingerprint density at radius 2 is 1.81 bits per heavy atom. The largest absolute Gasteiger partial charge is 0.371 e. The van der Waals surface area contributed by atoms with Crippen LogP contribution in [0.4, 0.5) is 0 Å². The number of hydrogen-bond acceptors (Lipinski definition) is 1. The van der Waals surface area contributed by atoms with Gasteiger partial charge in [-0.2, -0.15) is 0 Å². The molecule has 0 aromatic heterocycles. The van der Waals surface area contributed by atoms with E-state index in [4.69, 9.17) is 4.74 Å². The molecular weight excluding hydrogens is 264 g/mol. The molecule has 0 aromatic carbocycles. The first-order chi connectivity index (χ1) is 7.74. The molecule has 94 valence electrons. The maximum absolute atomic E-state index is 6.49. The van der Waals surface area contributed by atoms with Crippen molar-refractivity contribution in [2.75, 3.05) is 5.33 Å². The van der Waals surface area contributed by atoms with Gasteiger partial charge in [0.25, 0.3) is 0 Å². The summed E-state index contributed by atoms with van der Waals surface area (Å²) < 4.78 is 6.49. The monoisotopic (exact) mass is 288 g/mol. The first-order valence-electron chi connectivity index (χ1n) is 6.98. The minimum absolute atomic E-state index is 0.172. The van der Waals surface area contributed by atoms with E-state index in [2.05, 4.69) is 22.9 Å². The highest BCUT2D eigenvalue weighted by Crippen LogP contribution is 2.37. The second-order valence-electron chi connectivity index (χ2n) is 5.89. The molecule has 0 aliphatic heterocycles. The molecule has 0 radical (unpaired) electrons. The Bertz CT molecular complexity index is 209. The van der Waals surface area contributed by atoms with Crippen molar-refractivity contribution in [1.82, 2.24) is 0 Å². The summed E-state index contributed by atoms with van der Waals surface area (Å²) >= 11 is 3.70. The lowest BCUT2D eigenvalue weighted by atomic mass is 9.96. The average Bonchev–Trinajstić information content (AvgIpc) is 2.54. The highest BCUT2D eigenvalue weighted by Gasteiger charge is 2.35. The molecule has 2 atom stereocenters. The van der Waals surface area contributed by atoms with Gasteiger partial charge in [0.15, 0.2) is 0 Å². The quantitative estimate of drug-likeness (QED) is 0.541. The standard InChI is InChI=1S/C14H25BrO/c1-12-6-7-13(10-12)16-14(11-15)8-4-2-3-5-9-14/h12-13H,2-11H2,1H3. The van der Waals surface area contributed by atoms with Crippen LogP contribution in [0.15, 0.2) is 0 Å². The Hall–Kier alpha value is 0.440. The minimum Gasteiger partial charge on any atom is -0.371 e. The lowest BCUT2D eigenvalue weighted by molar-refractivity contribution is -0.0849. The SMILES string of the molecule is CC1CCC(OC2(CBr)CCCCCC2)C1. The van der Waals surface area contributed by atoms with Gasteiger partial charge in [0, 0.05) is 5.33 Å². The topological polar surface area (TPSA) is 9.23 Å². The zero-order valence-electron chi connectivity index (χ0n) is 10.5. The van der Waals surface area contributed by atoms with E-state index in [1.54, 1.807) is 0 Å².